The summed E-state index contributed by atoms with van der Waals surface area (Å²) in [5.41, 5.74) is 0. The van der Waals surface area contributed by atoms with E-state index >= 15 is 0 Å². The molecule has 1 aromatic rings. The van der Waals surface area contributed by atoms with Crippen LogP contribution in [0.15, 0.2) is 11.2 Å². The second kappa shape index (κ2) is 5.17. The van der Waals surface area contributed by atoms with E-state index in [1.807, 2.05) is 11.2 Å². The SMILES string of the molecule is CSc1nc(Cl)cc(N2CCN3C(=O)CCC3C2)n1. The zero-order valence-electron chi connectivity index (χ0n) is 10.7. The molecule has 2 fully saturated rings. The number of halogens is 1. The van der Waals surface area contributed by atoms with Gasteiger partial charge in [-0.05, 0) is 12.7 Å². The standard InChI is InChI=1S/C12H15ClN4OS/c1-19-12-14-9(13)6-10(15-12)16-4-5-17-8(7-16)2-3-11(17)18/h6,8H,2-5,7H2,1H3. The maximum Gasteiger partial charge on any atom is 0.223 e. The first-order valence-corrected chi connectivity index (χ1v) is 7.90. The molecule has 3 rings (SSSR count). The second-order valence-electron chi connectivity index (χ2n) is 4.76. The van der Waals surface area contributed by atoms with Gasteiger partial charge in [0.25, 0.3) is 0 Å². The fourth-order valence-electron chi connectivity index (χ4n) is 2.71. The molecule has 1 aromatic heterocycles. The van der Waals surface area contributed by atoms with Crippen molar-refractivity contribution in [1.82, 2.24) is 14.9 Å². The van der Waals surface area contributed by atoms with E-state index in [0.717, 1.165) is 31.9 Å². The molecule has 2 saturated heterocycles. The van der Waals surface area contributed by atoms with Gasteiger partial charge in [0.2, 0.25) is 5.91 Å². The minimum Gasteiger partial charge on any atom is -0.353 e. The topological polar surface area (TPSA) is 49.3 Å². The van der Waals surface area contributed by atoms with E-state index in [9.17, 15) is 4.79 Å². The minimum absolute atomic E-state index is 0.287. The summed E-state index contributed by atoms with van der Waals surface area (Å²) in [4.78, 5) is 24.5. The fraction of sp³-hybridized carbons (Fsp3) is 0.583. The highest BCUT2D eigenvalue weighted by Gasteiger charge is 2.35. The van der Waals surface area contributed by atoms with Crippen LogP contribution in [-0.2, 0) is 4.79 Å². The third kappa shape index (κ3) is 2.51. The summed E-state index contributed by atoms with van der Waals surface area (Å²) in [5, 5.41) is 1.16. The molecule has 5 nitrogen and oxygen atoms in total. The lowest BCUT2D eigenvalue weighted by molar-refractivity contribution is -0.129. The molecule has 0 aromatic carbocycles. The van der Waals surface area contributed by atoms with E-state index in [-0.39, 0.29) is 5.91 Å². The van der Waals surface area contributed by atoms with Gasteiger partial charge in [-0.25, -0.2) is 9.97 Å². The quantitative estimate of drug-likeness (QED) is 0.472. The summed E-state index contributed by atoms with van der Waals surface area (Å²) in [6, 6.07) is 2.13. The Labute approximate surface area is 121 Å². The number of carbonyl (C=O) groups is 1. The predicted molar refractivity (Wildman–Crippen MR) is 75.8 cm³/mol. The summed E-state index contributed by atoms with van der Waals surface area (Å²) < 4.78 is 0. The Hall–Kier alpha value is -1.01. The lowest BCUT2D eigenvalue weighted by Crippen LogP contribution is -2.51. The monoisotopic (exact) mass is 298 g/mol. The number of anilines is 1. The molecule has 1 atom stereocenters. The first-order chi connectivity index (χ1) is 9.17. The Bertz CT molecular complexity index is 513. The summed E-state index contributed by atoms with van der Waals surface area (Å²) >= 11 is 7.51. The lowest BCUT2D eigenvalue weighted by Gasteiger charge is -2.38. The van der Waals surface area contributed by atoms with Crippen molar-refractivity contribution in [2.24, 2.45) is 0 Å². The van der Waals surface area contributed by atoms with Gasteiger partial charge in [-0.2, -0.15) is 0 Å². The molecule has 19 heavy (non-hydrogen) atoms. The lowest BCUT2D eigenvalue weighted by atomic mass is 10.1. The van der Waals surface area contributed by atoms with E-state index in [2.05, 4.69) is 14.9 Å². The third-order valence-corrected chi connectivity index (χ3v) is 4.40. The van der Waals surface area contributed by atoms with Crippen LogP contribution in [0.5, 0.6) is 0 Å². The minimum atomic E-state index is 0.287. The summed E-state index contributed by atoms with van der Waals surface area (Å²) in [6.07, 6.45) is 3.56. The molecule has 0 aliphatic carbocycles. The molecule has 0 spiro atoms. The molecule has 0 saturated carbocycles. The third-order valence-electron chi connectivity index (χ3n) is 3.66. The van der Waals surface area contributed by atoms with Gasteiger partial charge in [0, 0.05) is 38.2 Å². The molecule has 2 aliphatic heterocycles. The normalized spacial score (nSPS) is 22.8. The van der Waals surface area contributed by atoms with E-state index in [4.69, 9.17) is 11.6 Å². The fourth-order valence-corrected chi connectivity index (χ4v) is 3.31. The molecule has 2 aliphatic rings. The van der Waals surface area contributed by atoms with E-state index < -0.39 is 0 Å². The summed E-state index contributed by atoms with van der Waals surface area (Å²) in [6.45, 7) is 2.43. The molecule has 0 N–H and O–H groups in total. The van der Waals surface area contributed by atoms with Gasteiger partial charge >= 0.3 is 0 Å². The van der Waals surface area contributed by atoms with Crippen molar-refractivity contribution < 1.29 is 4.79 Å². The number of amides is 1. The second-order valence-corrected chi connectivity index (χ2v) is 5.92. The van der Waals surface area contributed by atoms with Crippen LogP contribution >= 0.6 is 23.4 Å². The van der Waals surface area contributed by atoms with Crippen molar-refractivity contribution in [3.8, 4) is 0 Å². The van der Waals surface area contributed by atoms with Crippen molar-refractivity contribution in [3.05, 3.63) is 11.2 Å². The van der Waals surface area contributed by atoms with Crippen LogP contribution in [0.2, 0.25) is 5.15 Å². The average molecular weight is 299 g/mol. The van der Waals surface area contributed by atoms with E-state index in [1.165, 1.54) is 11.8 Å². The molecule has 0 bridgehead atoms. The van der Waals surface area contributed by atoms with Crippen LogP contribution in [0.4, 0.5) is 5.82 Å². The summed E-state index contributed by atoms with van der Waals surface area (Å²) in [5.74, 6) is 1.15. The number of hydrogen-bond acceptors (Lipinski definition) is 5. The zero-order valence-corrected chi connectivity index (χ0v) is 12.2. The zero-order chi connectivity index (χ0) is 13.4. The number of fused-ring (bicyclic) bond motifs is 1. The van der Waals surface area contributed by atoms with E-state index in [1.54, 1.807) is 6.07 Å². The van der Waals surface area contributed by atoms with Gasteiger partial charge in [0.1, 0.15) is 11.0 Å². The largest absolute Gasteiger partial charge is 0.353 e. The van der Waals surface area contributed by atoms with Crippen molar-refractivity contribution in [2.45, 2.75) is 24.0 Å². The number of carbonyl (C=O) groups excluding carboxylic acids is 1. The molecular weight excluding hydrogens is 284 g/mol. The van der Waals surface area contributed by atoms with Gasteiger partial charge in [-0.15, -0.1) is 0 Å². The Morgan fingerprint density at radius 2 is 2.26 bits per heavy atom. The van der Waals surface area contributed by atoms with Crippen LogP contribution in [-0.4, -0.2) is 52.7 Å². The van der Waals surface area contributed by atoms with Crippen molar-refractivity contribution >= 4 is 35.1 Å². The molecule has 0 radical (unpaired) electrons. The Morgan fingerprint density at radius 1 is 1.42 bits per heavy atom. The maximum absolute atomic E-state index is 11.7. The number of thioether (sulfide) groups is 1. The van der Waals surface area contributed by atoms with Gasteiger partial charge in [-0.1, -0.05) is 23.4 Å². The van der Waals surface area contributed by atoms with Crippen LogP contribution < -0.4 is 4.90 Å². The van der Waals surface area contributed by atoms with Crippen LogP contribution in [0.1, 0.15) is 12.8 Å². The highest BCUT2D eigenvalue weighted by Crippen LogP contribution is 2.27. The first-order valence-electron chi connectivity index (χ1n) is 6.30. The molecule has 7 heteroatoms. The predicted octanol–water partition coefficient (Wildman–Crippen LogP) is 1.66. The smallest absolute Gasteiger partial charge is 0.223 e. The number of aromatic nitrogens is 2. The van der Waals surface area contributed by atoms with Gasteiger partial charge in [-0.3, -0.25) is 4.79 Å². The van der Waals surface area contributed by atoms with E-state index in [0.29, 0.717) is 22.8 Å². The van der Waals surface area contributed by atoms with Crippen molar-refractivity contribution in [3.63, 3.8) is 0 Å². The Morgan fingerprint density at radius 3 is 3.05 bits per heavy atom. The molecule has 102 valence electrons. The average Bonchev–Trinajstić information content (AvgIpc) is 2.79. The number of rotatable bonds is 2. The van der Waals surface area contributed by atoms with Crippen molar-refractivity contribution in [1.29, 1.82) is 0 Å². The van der Waals surface area contributed by atoms with Crippen LogP contribution in [0.3, 0.4) is 0 Å². The van der Waals surface area contributed by atoms with Gasteiger partial charge in [0.15, 0.2) is 5.16 Å². The number of piperazine rings is 1. The number of hydrogen-bond donors (Lipinski definition) is 0. The van der Waals surface area contributed by atoms with Crippen LogP contribution in [0, 0.1) is 0 Å². The molecule has 1 unspecified atom stereocenters. The first kappa shape index (κ1) is 13.0. The highest BCUT2D eigenvalue weighted by molar-refractivity contribution is 7.98. The van der Waals surface area contributed by atoms with Crippen LogP contribution in [0.25, 0.3) is 0 Å². The Kier molecular flexibility index (Phi) is 3.54. The summed E-state index contributed by atoms with van der Waals surface area (Å²) in [7, 11) is 0. The molecule has 3 heterocycles. The molecule has 1 amide bonds. The number of nitrogens with zero attached hydrogens (tertiary/aromatic N) is 4. The van der Waals surface area contributed by atoms with Gasteiger partial charge < -0.3 is 9.80 Å². The highest BCUT2D eigenvalue weighted by atomic mass is 35.5. The molecular formula is C12H15ClN4OS. The van der Waals surface area contributed by atoms with Gasteiger partial charge in [0.05, 0.1) is 0 Å². The van der Waals surface area contributed by atoms with Crippen molar-refractivity contribution in [2.75, 3.05) is 30.8 Å². The maximum atomic E-state index is 11.7. The Balaban J connectivity index is 1.80.